The average molecular weight is 263 g/mol. The highest BCUT2D eigenvalue weighted by molar-refractivity contribution is 5.32. The van der Waals surface area contributed by atoms with E-state index in [9.17, 15) is 0 Å². The SMILES string of the molecule is CCN(CC)C(C)(C)C(NN)c1cc(C)cc(C)c1. The molecule has 1 rings (SSSR count). The van der Waals surface area contributed by atoms with E-state index in [0.29, 0.717) is 0 Å². The van der Waals surface area contributed by atoms with E-state index in [2.05, 4.69) is 70.1 Å². The zero-order valence-electron chi connectivity index (χ0n) is 13.2. The lowest BCUT2D eigenvalue weighted by Gasteiger charge is -2.43. The van der Waals surface area contributed by atoms with Gasteiger partial charge in [0.1, 0.15) is 0 Å². The third kappa shape index (κ3) is 3.56. The highest BCUT2D eigenvalue weighted by Gasteiger charge is 2.34. The van der Waals surface area contributed by atoms with E-state index in [0.717, 1.165) is 13.1 Å². The van der Waals surface area contributed by atoms with Crippen molar-refractivity contribution in [1.82, 2.24) is 10.3 Å². The van der Waals surface area contributed by atoms with Crippen LogP contribution in [0.25, 0.3) is 0 Å². The molecule has 3 nitrogen and oxygen atoms in total. The van der Waals surface area contributed by atoms with Gasteiger partial charge in [-0.15, -0.1) is 0 Å². The molecule has 0 aliphatic heterocycles. The summed E-state index contributed by atoms with van der Waals surface area (Å²) in [6.07, 6.45) is 0. The van der Waals surface area contributed by atoms with E-state index >= 15 is 0 Å². The maximum Gasteiger partial charge on any atom is 0.0638 e. The van der Waals surface area contributed by atoms with Gasteiger partial charge in [0.25, 0.3) is 0 Å². The van der Waals surface area contributed by atoms with Crippen LogP contribution in [0.3, 0.4) is 0 Å². The first-order valence-corrected chi connectivity index (χ1v) is 7.16. The van der Waals surface area contributed by atoms with Gasteiger partial charge in [-0.05, 0) is 46.3 Å². The number of hydrogen-bond acceptors (Lipinski definition) is 3. The zero-order chi connectivity index (χ0) is 14.6. The van der Waals surface area contributed by atoms with Crippen molar-refractivity contribution in [2.45, 2.75) is 53.1 Å². The number of benzene rings is 1. The fourth-order valence-electron chi connectivity index (χ4n) is 3.11. The molecule has 1 aromatic rings. The van der Waals surface area contributed by atoms with Gasteiger partial charge in [-0.3, -0.25) is 16.2 Å². The van der Waals surface area contributed by atoms with Crippen molar-refractivity contribution in [3.8, 4) is 0 Å². The van der Waals surface area contributed by atoms with Crippen LogP contribution in [0.1, 0.15) is 50.4 Å². The van der Waals surface area contributed by atoms with E-state index in [1.165, 1.54) is 16.7 Å². The van der Waals surface area contributed by atoms with Gasteiger partial charge in [0.05, 0.1) is 6.04 Å². The standard InChI is InChI=1S/C16H29N3/c1-7-19(8-2)16(5,6)15(18-17)14-10-12(3)9-13(4)11-14/h9-11,15,18H,7-8,17H2,1-6H3. The summed E-state index contributed by atoms with van der Waals surface area (Å²) in [6.45, 7) is 15.2. The average Bonchev–Trinajstić information content (AvgIpc) is 2.29. The topological polar surface area (TPSA) is 41.3 Å². The lowest BCUT2D eigenvalue weighted by molar-refractivity contribution is 0.0912. The molecule has 0 saturated heterocycles. The lowest BCUT2D eigenvalue weighted by atomic mass is 9.86. The van der Waals surface area contributed by atoms with Gasteiger partial charge in [-0.1, -0.05) is 43.2 Å². The van der Waals surface area contributed by atoms with Crippen molar-refractivity contribution in [2.75, 3.05) is 13.1 Å². The van der Waals surface area contributed by atoms with E-state index in [1.807, 2.05) is 0 Å². The molecule has 0 spiro atoms. The van der Waals surface area contributed by atoms with Gasteiger partial charge in [-0.25, -0.2) is 0 Å². The summed E-state index contributed by atoms with van der Waals surface area (Å²) in [5, 5.41) is 0. The number of aryl methyl sites for hydroxylation is 2. The van der Waals surface area contributed by atoms with Crippen LogP contribution in [0.5, 0.6) is 0 Å². The molecule has 0 saturated carbocycles. The van der Waals surface area contributed by atoms with Gasteiger partial charge in [0.2, 0.25) is 0 Å². The molecule has 0 heterocycles. The van der Waals surface area contributed by atoms with Crippen LogP contribution in [0.4, 0.5) is 0 Å². The van der Waals surface area contributed by atoms with Crippen molar-refractivity contribution in [3.05, 3.63) is 34.9 Å². The Hall–Kier alpha value is -0.900. The van der Waals surface area contributed by atoms with Gasteiger partial charge in [0.15, 0.2) is 0 Å². The number of hydrogen-bond donors (Lipinski definition) is 2. The molecule has 0 bridgehead atoms. The Kier molecular flexibility index (Phi) is 5.53. The molecule has 3 heteroatoms. The second kappa shape index (κ2) is 6.51. The Morgan fingerprint density at radius 3 is 1.95 bits per heavy atom. The highest BCUT2D eigenvalue weighted by atomic mass is 15.3. The third-order valence-electron chi connectivity index (χ3n) is 4.03. The maximum absolute atomic E-state index is 5.86. The quantitative estimate of drug-likeness (QED) is 0.612. The largest absolute Gasteiger partial charge is 0.297 e. The minimum atomic E-state index is -0.0293. The maximum atomic E-state index is 5.86. The number of likely N-dealkylation sites (N-methyl/N-ethyl adjacent to an activating group) is 1. The number of nitrogens with two attached hydrogens (primary N) is 1. The Labute approximate surface area is 118 Å². The molecular formula is C16H29N3. The lowest BCUT2D eigenvalue weighted by Crippen LogP contribution is -2.54. The first-order chi connectivity index (χ1) is 8.86. The molecule has 108 valence electrons. The summed E-state index contributed by atoms with van der Waals surface area (Å²) >= 11 is 0. The molecular weight excluding hydrogens is 234 g/mol. The van der Waals surface area contributed by atoms with Crippen LogP contribution in [-0.4, -0.2) is 23.5 Å². The van der Waals surface area contributed by atoms with E-state index < -0.39 is 0 Å². The highest BCUT2D eigenvalue weighted by Crippen LogP contribution is 2.31. The van der Waals surface area contributed by atoms with Crippen LogP contribution in [0.2, 0.25) is 0 Å². The summed E-state index contributed by atoms with van der Waals surface area (Å²) in [7, 11) is 0. The third-order valence-corrected chi connectivity index (χ3v) is 4.03. The predicted molar refractivity (Wildman–Crippen MR) is 83.0 cm³/mol. The van der Waals surface area contributed by atoms with Crippen molar-refractivity contribution in [1.29, 1.82) is 0 Å². The summed E-state index contributed by atoms with van der Waals surface area (Å²) in [4.78, 5) is 2.44. The van der Waals surface area contributed by atoms with Crippen LogP contribution in [0, 0.1) is 13.8 Å². The zero-order valence-corrected chi connectivity index (χ0v) is 13.2. The van der Waals surface area contributed by atoms with E-state index in [1.54, 1.807) is 0 Å². The van der Waals surface area contributed by atoms with Crippen molar-refractivity contribution in [2.24, 2.45) is 5.84 Å². The molecule has 19 heavy (non-hydrogen) atoms. The molecule has 0 aliphatic carbocycles. The molecule has 0 amide bonds. The van der Waals surface area contributed by atoms with Crippen LogP contribution in [-0.2, 0) is 0 Å². The molecule has 3 N–H and O–H groups in total. The number of nitrogens with zero attached hydrogens (tertiary/aromatic N) is 1. The van der Waals surface area contributed by atoms with Gasteiger partial charge >= 0.3 is 0 Å². The number of hydrazine groups is 1. The van der Waals surface area contributed by atoms with Gasteiger partial charge in [0, 0.05) is 5.54 Å². The predicted octanol–water partition coefficient (Wildman–Crippen LogP) is 2.93. The first-order valence-electron chi connectivity index (χ1n) is 7.16. The molecule has 0 fully saturated rings. The van der Waals surface area contributed by atoms with Crippen LogP contribution < -0.4 is 11.3 Å². The molecule has 0 aromatic heterocycles. The first kappa shape index (κ1) is 16.2. The normalized spacial score (nSPS) is 13.9. The van der Waals surface area contributed by atoms with Crippen molar-refractivity contribution >= 4 is 0 Å². The summed E-state index contributed by atoms with van der Waals surface area (Å²) < 4.78 is 0. The van der Waals surface area contributed by atoms with E-state index in [4.69, 9.17) is 5.84 Å². The number of rotatable bonds is 6. The molecule has 0 aliphatic rings. The second-order valence-electron chi connectivity index (χ2n) is 5.85. The van der Waals surface area contributed by atoms with Gasteiger partial charge < -0.3 is 0 Å². The molecule has 1 aromatic carbocycles. The molecule has 1 unspecified atom stereocenters. The van der Waals surface area contributed by atoms with Crippen LogP contribution in [0.15, 0.2) is 18.2 Å². The summed E-state index contributed by atoms with van der Waals surface area (Å²) in [5.74, 6) is 5.86. The van der Waals surface area contributed by atoms with Crippen molar-refractivity contribution < 1.29 is 0 Å². The molecule has 0 radical (unpaired) electrons. The summed E-state index contributed by atoms with van der Waals surface area (Å²) in [6, 6.07) is 6.76. The van der Waals surface area contributed by atoms with Gasteiger partial charge in [-0.2, -0.15) is 0 Å². The Bertz CT molecular complexity index is 388. The molecule has 1 atom stereocenters. The van der Waals surface area contributed by atoms with E-state index in [-0.39, 0.29) is 11.6 Å². The Balaban J connectivity index is 3.18. The van der Waals surface area contributed by atoms with Crippen LogP contribution >= 0.6 is 0 Å². The number of nitrogens with one attached hydrogen (secondary N) is 1. The Morgan fingerprint density at radius 1 is 1.11 bits per heavy atom. The second-order valence-corrected chi connectivity index (χ2v) is 5.85. The smallest absolute Gasteiger partial charge is 0.0638 e. The fourth-order valence-corrected chi connectivity index (χ4v) is 3.11. The van der Waals surface area contributed by atoms with Crippen molar-refractivity contribution in [3.63, 3.8) is 0 Å². The minimum absolute atomic E-state index is 0.0293. The fraction of sp³-hybridized carbons (Fsp3) is 0.625. The Morgan fingerprint density at radius 2 is 1.58 bits per heavy atom. The monoisotopic (exact) mass is 263 g/mol. The minimum Gasteiger partial charge on any atom is -0.297 e. The summed E-state index contributed by atoms with van der Waals surface area (Å²) in [5.41, 5.74) is 6.82.